The molecule has 1 saturated heterocycles. The van der Waals surface area contributed by atoms with Crippen LogP contribution < -0.4 is 5.32 Å². The molecule has 2 unspecified atom stereocenters. The topological polar surface area (TPSA) is 28.2 Å². The summed E-state index contributed by atoms with van der Waals surface area (Å²) in [5.41, 5.74) is 1.49. The number of nitrogens with one attached hydrogen (secondary N) is 1. The number of aromatic nitrogens is 1. The molecule has 1 aromatic rings. The Balaban J connectivity index is 1.69. The highest BCUT2D eigenvalue weighted by molar-refractivity contribution is 7.09. The fourth-order valence-electron chi connectivity index (χ4n) is 3.00. The van der Waals surface area contributed by atoms with Crippen molar-refractivity contribution in [3.05, 3.63) is 16.1 Å². The minimum atomic E-state index is 0.332. The van der Waals surface area contributed by atoms with Gasteiger partial charge in [-0.05, 0) is 39.5 Å². The van der Waals surface area contributed by atoms with Crippen molar-refractivity contribution >= 4 is 11.3 Å². The second kappa shape index (κ2) is 4.58. The van der Waals surface area contributed by atoms with Crippen LogP contribution in [0.15, 0.2) is 5.38 Å². The van der Waals surface area contributed by atoms with Crippen molar-refractivity contribution in [2.75, 3.05) is 13.1 Å². The minimum Gasteiger partial charge on any atom is -0.308 e. The van der Waals surface area contributed by atoms with Gasteiger partial charge < -0.3 is 5.32 Å². The third kappa shape index (κ3) is 2.46. The number of thiazole rings is 1. The van der Waals surface area contributed by atoms with Crippen LogP contribution in [0.3, 0.4) is 0 Å². The Hall–Kier alpha value is -0.450. The van der Waals surface area contributed by atoms with Crippen LogP contribution in [-0.2, 0) is 6.54 Å². The van der Waals surface area contributed by atoms with E-state index in [-0.39, 0.29) is 0 Å². The Labute approximate surface area is 114 Å². The van der Waals surface area contributed by atoms with Crippen molar-refractivity contribution in [1.82, 2.24) is 15.2 Å². The zero-order chi connectivity index (χ0) is 12.8. The van der Waals surface area contributed by atoms with E-state index in [1.807, 2.05) is 0 Å². The Morgan fingerprint density at radius 1 is 1.56 bits per heavy atom. The van der Waals surface area contributed by atoms with E-state index in [1.165, 1.54) is 17.8 Å². The Morgan fingerprint density at radius 3 is 2.94 bits per heavy atom. The van der Waals surface area contributed by atoms with Crippen LogP contribution in [0.2, 0.25) is 0 Å². The number of aryl methyl sites for hydroxylation is 1. The predicted octanol–water partition coefficient (Wildman–Crippen LogP) is 2.41. The molecule has 1 aromatic heterocycles. The quantitative estimate of drug-likeness (QED) is 0.909. The first kappa shape index (κ1) is 12.6. The van der Waals surface area contributed by atoms with Gasteiger partial charge in [-0.3, -0.25) is 4.90 Å². The number of nitrogens with zero attached hydrogens (tertiary/aromatic N) is 2. The highest BCUT2D eigenvalue weighted by Gasteiger charge is 2.45. The Bertz CT molecular complexity index is 426. The fourth-order valence-corrected chi connectivity index (χ4v) is 3.79. The van der Waals surface area contributed by atoms with Crippen LogP contribution in [0.1, 0.15) is 37.4 Å². The molecular formula is C14H23N3S. The lowest BCUT2D eigenvalue weighted by Gasteiger charge is -2.45. The summed E-state index contributed by atoms with van der Waals surface area (Å²) in [5.74, 6) is 0.894. The van der Waals surface area contributed by atoms with Crippen molar-refractivity contribution in [2.45, 2.75) is 51.7 Å². The number of hydrogen-bond acceptors (Lipinski definition) is 4. The van der Waals surface area contributed by atoms with Crippen molar-refractivity contribution in [1.29, 1.82) is 0 Å². The molecule has 1 aliphatic heterocycles. The van der Waals surface area contributed by atoms with Gasteiger partial charge in [0.1, 0.15) is 5.01 Å². The summed E-state index contributed by atoms with van der Waals surface area (Å²) >= 11 is 1.80. The molecule has 2 fully saturated rings. The van der Waals surface area contributed by atoms with Gasteiger partial charge in [0.15, 0.2) is 0 Å². The standard InChI is InChI=1S/C14H23N3S/c1-10-8-18-13(16-10)7-17-9-14(3,12-4-5-12)15-6-11(17)2/h8,11-12,15H,4-7,9H2,1-3H3. The first-order valence-corrected chi connectivity index (χ1v) is 7.85. The largest absolute Gasteiger partial charge is 0.308 e. The van der Waals surface area contributed by atoms with Gasteiger partial charge >= 0.3 is 0 Å². The lowest BCUT2D eigenvalue weighted by atomic mass is 9.91. The molecule has 1 aliphatic carbocycles. The van der Waals surface area contributed by atoms with Crippen molar-refractivity contribution < 1.29 is 0 Å². The molecule has 3 rings (SSSR count). The first-order chi connectivity index (χ1) is 8.57. The van der Waals surface area contributed by atoms with E-state index in [4.69, 9.17) is 0 Å². The molecule has 0 bridgehead atoms. The average Bonchev–Trinajstić information content (AvgIpc) is 3.10. The molecule has 4 heteroatoms. The molecule has 3 nitrogen and oxygen atoms in total. The van der Waals surface area contributed by atoms with Crippen molar-refractivity contribution in [2.24, 2.45) is 5.92 Å². The fraction of sp³-hybridized carbons (Fsp3) is 0.786. The van der Waals surface area contributed by atoms with E-state index in [0.29, 0.717) is 11.6 Å². The van der Waals surface area contributed by atoms with E-state index in [1.54, 1.807) is 11.3 Å². The Morgan fingerprint density at radius 2 is 2.33 bits per heavy atom. The summed E-state index contributed by atoms with van der Waals surface area (Å²) in [7, 11) is 0. The van der Waals surface area contributed by atoms with Gasteiger partial charge in [0.05, 0.1) is 6.54 Å². The molecular weight excluding hydrogens is 242 g/mol. The molecule has 2 aliphatic rings. The maximum Gasteiger partial charge on any atom is 0.107 e. The van der Waals surface area contributed by atoms with Gasteiger partial charge in [0, 0.05) is 35.7 Å². The average molecular weight is 265 g/mol. The molecule has 1 N–H and O–H groups in total. The van der Waals surface area contributed by atoms with E-state index in [9.17, 15) is 0 Å². The summed E-state index contributed by atoms with van der Waals surface area (Å²) in [6, 6.07) is 0.612. The lowest BCUT2D eigenvalue weighted by Crippen LogP contribution is -2.62. The van der Waals surface area contributed by atoms with Crippen LogP contribution in [0.5, 0.6) is 0 Å². The molecule has 18 heavy (non-hydrogen) atoms. The molecule has 0 amide bonds. The summed E-state index contributed by atoms with van der Waals surface area (Å²) in [4.78, 5) is 7.21. The predicted molar refractivity (Wildman–Crippen MR) is 75.9 cm³/mol. The van der Waals surface area contributed by atoms with Gasteiger partial charge in [-0.1, -0.05) is 0 Å². The zero-order valence-electron chi connectivity index (χ0n) is 11.6. The molecule has 0 spiro atoms. The van der Waals surface area contributed by atoms with Crippen molar-refractivity contribution in [3.8, 4) is 0 Å². The van der Waals surface area contributed by atoms with Crippen LogP contribution in [0.4, 0.5) is 0 Å². The number of piperazine rings is 1. The molecule has 100 valence electrons. The van der Waals surface area contributed by atoms with E-state index in [0.717, 1.165) is 31.2 Å². The normalized spacial score (nSPS) is 33.8. The molecule has 2 heterocycles. The van der Waals surface area contributed by atoms with Gasteiger partial charge in [0.2, 0.25) is 0 Å². The second-order valence-electron chi connectivity index (χ2n) is 6.21. The second-order valence-corrected chi connectivity index (χ2v) is 7.15. The van der Waals surface area contributed by atoms with Crippen LogP contribution >= 0.6 is 11.3 Å². The zero-order valence-corrected chi connectivity index (χ0v) is 12.4. The minimum absolute atomic E-state index is 0.332. The summed E-state index contributed by atoms with van der Waals surface area (Å²) in [6.45, 7) is 10.1. The summed E-state index contributed by atoms with van der Waals surface area (Å²) in [5, 5.41) is 7.19. The lowest BCUT2D eigenvalue weighted by molar-refractivity contribution is 0.0769. The van der Waals surface area contributed by atoms with E-state index < -0.39 is 0 Å². The van der Waals surface area contributed by atoms with Crippen LogP contribution in [0, 0.1) is 12.8 Å². The van der Waals surface area contributed by atoms with Crippen molar-refractivity contribution in [3.63, 3.8) is 0 Å². The van der Waals surface area contributed by atoms with Gasteiger partial charge in [0.25, 0.3) is 0 Å². The van der Waals surface area contributed by atoms with E-state index >= 15 is 0 Å². The summed E-state index contributed by atoms with van der Waals surface area (Å²) in [6.07, 6.45) is 2.81. The van der Waals surface area contributed by atoms with Gasteiger partial charge in [-0.25, -0.2) is 4.98 Å². The molecule has 0 radical (unpaired) electrons. The molecule has 0 aromatic carbocycles. The van der Waals surface area contributed by atoms with Gasteiger partial charge in [-0.2, -0.15) is 0 Å². The highest BCUT2D eigenvalue weighted by Crippen LogP contribution is 2.41. The number of hydrogen-bond donors (Lipinski definition) is 1. The molecule has 2 atom stereocenters. The smallest absolute Gasteiger partial charge is 0.107 e. The SMILES string of the molecule is Cc1csc(CN2CC(C)(C3CC3)NCC2C)n1. The van der Waals surface area contributed by atoms with E-state index in [2.05, 4.69) is 41.4 Å². The molecule has 1 saturated carbocycles. The third-order valence-corrected chi connectivity index (χ3v) is 5.39. The maximum absolute atomic E-state index is 4.60. The number of rotatable bonds is 3. The van der Waals surface area contributed by atoms with Gasteiger partial charge in [-0.15, -0.1) is 11.3 Å². The maximum atomic E-state index is 4.60. The monoisotopic (exact) mass is 265 g/mol. The first-order valence-electron chi connectivity index (χ1n) is 6.97. The Kier molecular flexibility index (Phi) is 3.20. The third-order valence-electron chi connectivity index (χ3n) is 4.44. The van der Waals surface area contributed by atoms with Crippen LogP contribution in [-0.4, -0.2) is 34.6 Å². The summed E-state index contributed by atoms with van der Waals surface area (Å²) < 4.78 is 0. The highest BCUT2D eigenvalue weighted by atomic mass is 32.1. The van der Waals surface area contributed by atoms with Crippen LogP contribution in [0.25, 0.3) is 0 Å².